The quantitative estimate of drug-likeness (QED) is 0.681. The highest BCUT2D eigenvalue weighted by atomic mass is 19.4. The van der Waals surface area contributed by atoms with Crippen molar-refractivity contribution in [2.45, 2.75) is 50.2 Å². The van der Waals surface area contributed by atoms with E-state index in [0.717, 1.165) is 43.2 Å². The Balaban J connectivity index is 1.64. The monoisotopic (exact) mass is 334 g/mol. The van der Waals surface area contributed by atoms with Gasteiger partial charge in [0.1, 0.15) is 5.71 Å². The number of nitrogens with one attached hydrogen (secondary N) is 1. The number of rotatable bonds is 0. The SMILES string of the molecule is FC(F)(F)C1=Nc2ccccc2NC2(C1)C1CC3CC(C1)CC2C3. The molecule has 1 heterocycles. The Morgan fingerprint density at radius 2 is 1.58 bits per heavy atom. The first-order chi connectivity index (χ1) is 11.4. The third kappa shape index (κ3) is 2.06. The van der Waals surface area contributed by atoms with Gasteiger partial charge in [0, 0.05) is 12.0 Å². The molecule has 4 fully saturated rings. The molecule has 1 N–H and O–H groups in total. The standard InChI is InChI=1S/C19H21F3N2/c20-19(21,22)17-10-18(24-16-4-2-1-3-15(16)23-17)13-6-11-5-12(8-13)9-14(18)7-11/h1-4,11-14,24H,5-10H2. The zero-order valence-corrected chi connectivity index (χ0v) is 13.4. The van der Waals surface area contributed by atoms with Crippen LogP contribution in [-0.2, 0) is 0 Å². The number of hydrogen-bond donors (Lipinski definition) is 1. The average molecular weight is 334 g/mol. The van der Waals surface area contributed by atoms with Gasteiger partial charge in [0.15, 0.2) is 0 Å². The van der Waals surface area contributed by atoms with Crippen LogP contribution in [0.3, 0.4) is 0 Å². The van der Waals surface area contributed by atoms with Crippen molar-refractivity contribution in [3.8, 4) is 0 Å². The van der Waals surface area contributed by atoms with Crippen molar-refractivity contribution in [2.24, 2.45) is 28.7 Å². The molecule has 2 nitrogen and oxygen atoms in total. The Morgan fingerprint density at radius 1 is 0.958 bits per heavy atom. The number of halogens is 3. The Bertz CT molecular complexity index is 679. The Labute approximate surface area is 139 Å². The lowest BCUT2D eigenvalue weighted by atomic mass is 9.47. The van der Waals surface area contributed by atoms with E-state index in [4.69, 9.17) is 0 Å². The van der Waals surface area contributed by atoms with E-state index in [2.05, 4.69) is 10.3 Å². The van der Waals surface area contributed by atoms with Gasteiger partial charge in [-0.1, -0.05) is 12.1 Å². The smallest absolute Gasteiger partial charge is 0.377 e. The topological polar surface area (TPSA) is 24.4 Å². The van der Waals surface area contributed by atoms with Crippen LogP contribution in [0.15, 0.2) is 29.3 Å². The van der Waals surface area contributed by atoms with Crippen LogP contribution in [0.4, 0.5) is 24.5 Å². The van der Waals surface area contributed by atoms with Crippen molar-refractivity contribution in [3.05, 3.63) is 24.3 Å². The average Bonchev–Trinajstić information content (AvgIpc) is 2.69. The number of alkyl halides is 3. The van der Waals surface area contributed by atoms with Gasteiger partial charge in [0.05, 0.1) is 11.4 Å². The summed E-state index contributed by atoms with van der Waals surface area (Å²) in [5, 5.41) is 3.61. The van der Waals surface area contributed by atoms with E-state index < -0.39 is 17.4 Å². The number of benzene rings is 1. The van der Waals surface area contributed by atoms with Crippen LogP contribution in [-0.4, -0.2) is 17.4 Å². The number of anilines is 1. The van der Waals surface area contributed by atoms with Gasteiger partial charge in [0.25, 0.3) is 0 Å². The van der Waals surface area contributed by atoms with Crippen molar-refractivity contribution in [1.29, 1.82) is 0 Å². The number of fused-ring (bicyclic) bond motifs is 1. The van der Waals surface area contributed by atoms with E-state index in [1.165, 1.54) is 6.42 Å². The first-order valence-electron chi connectivity index (χ1n) is 8.96. The summed E-state index contributed by atoms with van der Waals surface area (Å²) in [7, 11) is 0. The number of aliphatic imine (C=N–C) groups is 1. The van der Waals surface area contributed by atoms with Gasteiger partial charge >= 0.3 is 6.18 Å². The second-order valence-corrected chi connectivity index (χ2v) is 8.22. The minimum absolute atomic E-state index is 0.0138. The minimum Gasteiger partial charge on any atom is -0.377 e. The molecule has 0 aromatic heterocycles. The van der Waals surface area contributed by atoms with Gasteiger partial charge in [-0.3, -0.25) is 0 Å². The van der Waals surface area contributed by atoms with Crippen LogP contribution in [0.25, 0.3) is 0 Å². The van der Waals surface area contributed by atoms with Crippen LogP contribution in [0.5, 0.6) is 0 Å². The molecular weight excluding hydrogens is 313 g/mol. The zero-order valence-electron chi connectivity index (χ0n) is 13.4. The molecule has 24 heavy (non-hydrogen) atoms. The number of para-hydroxylation sites is 2. The summed E-state index contributed by atoms with van der Waals surface area (Å²) in [4.78, 5) is 4.05. The highest BCUT2D eigenvalue weighted by molar-refractivity contribution is 5.95. The summed E-state index contributed by atoms with van der Waals surface area (Å²) in [6, 6.07) is 7.20. The van der Waals surface area contributed by atoms with Crippen molar-refractivity contribution in [3.63, 3.8) is 0 Å². The van der Waals surface area contributed by atoms with E-state index in [9.17, 15) is 13.2 Å². The fourth-order valence-electron chi connectivity index (χ4n) is 6.12. The molecule has 0 unspecified atom stereocenters. The molecule has 0 saturated heterocycles. The third-order valence-corrected chi connectivity index (χ3v) is 6.91. The third-order valence-electron chi connectivity index (χ3n) is 6.91. The normalized spacial score (nSPS) is 40.0. The number of hydrogen-bond acceptors (Lipinski definition) is 2. The lowest BCUT2D eigenvalue weighted by Gasteiger charge is -2.61. The predicted octanol–water partition coefficient (Wildman–Crippen LogP) is 5.33. The van der Waals surface area contributed by atoms with Gasteiger partial charge < -0.3 is 5.32 Å². The Hall–Kier alpha value is -1.52. The summed E-state index contributed by atoms with van der Waals surface area (Å²) in [5.74, 6) is 2.13. The largest absolute Gasteiger partial charge is 0.429 e. The highest BCUT2D eigenvalue weighted by Crippen LogP contribution is 2.61. The van der Waals surface area contributed by atoms with Gasteiger partial charge in [-0.05, 0) is 67.9 Å². The van der Waals surface area contributed by atoms with E-state index in [1.54, 1.807) is 12.1 Å². The molecule has 5 aliphatic rings. The zero-order chi connectivity index (χ0) is 16.5. The Morgan fingerprint density at radius 3 is 2.21 bits per heavy atom. The van der Waals surface area contributed by atoms with Crippen molar-refractivity contribution < 1.29 is 13.2 Å². The molecular formula is C19H21F3N2. The molecule has 1 aromatic carbocycles. The summed E-state index contributed by atoms with van der Waals surface area (Å²) >= 11 is 0. The van der Waals surface area contributed by atoms with E-state index in [1.807, 2.05) is 12.1 Å². The second kappa shape index (κ2) is 4.77. The fourth-order valence-corrected chi connectivity index (χ4v) is 6.12. The van der Waals surface area contributed by atoms with Gasteiger partial charge in [-0.25, -0.2) is 4.99 Å². The summed E-state index contributed by atoms with van der Waals surface area (Å²) in [5.41, 5.74) is 0.126. The first-order valence-corrected chi connectivity index (χ1v) is 8.96. The molecule has 0 atom stereocenters. The first kappa shape index (κ1) is 14.8. The molecule has 128 valence electrons. The molecule has 4 saturated carbocycles. The maximum atomic E-state index is 13.7. The van der Waals surface area contributed by atoms with Crippen LogP contribution >= 0.6 is 0 Å². The predicted molar refractivity (Wildman–Crippen MR) is 87.6 cm³/mol. The van der Waals surface area contributed by atoms with Gasteiger partial charge in [0.2, 0.25) is 0 Å². The van der Waals surface area contributed by atoms with Crippen LogP contribution in [0.1, 0.15) is 38.5 Å². The molecule has 4 aliphatic carbocycles. The van der Waals surface area contributed by atoms with Gasteiger partial charge in [-0.2, -0.15) is 13.2 Å². The lowest BCUT2D eigenvalue weighted by Crippen LogP contribution is -2.62. The van der Waals surface area contributed by atoms with Crippen molar-refractivity contribution in [2.75, 3.05) is 5.32 Å². The molecule has 0 radical (unpaired) electrons. The van der Waals surface area contributed by atoms with Gasteiger partial charge in [-0.15, -0.1) is 0 Å². The number of nitrogens with zero attached hydrogens (tertiary/aromatic N) is 1. The summed E-state index contributed by atoms with van der Waals surface area (Å²) < 4.78 is 41.0. The van der Waals surface area contributed by atoms with Crippen molar-refractivity contribution in [1.82, 2.24) is 0 Å². The van der Waals surface area contributed by atoms with E-state index in [0.29, 0.717) is 17.5 Å². The van der Waals surface area contributed by atoms with Crippen LogP contribution in [0, 0.1) is 23.7 Å². The fraction of sp³-hybridized carbons (Fsp3) is 0.632. The Kier molecular flexibility index (Phi) is 2.94. The molecule has 4 bridgehead atoms. The van der Waals surface area contributed by atoms with E-state index in [-0.39, 0.29) is 6.42 Å². The van der Waals surface area contributed by atoms with Crippen molar-refractivity contribution >= 4 is 17.1 Å². The maximum Gasteiger partial charge on any atom is 0.429 e. The summed E-state index contributed by atoms with van der Waals surface area (Å²) in [6.45, 7) is 0. The molecule has 5 heteroatoms. The van der Waals surface area contributed by atoms with Crippen LogP contribution in [0.2, 0.25) is 0 Å². The lowest BCUT2D eigenvalue weighted by molar-refractivity contribution is -0.0704. The highest BCUT2D eigenvalue weighted by Gasteiger charge is 2.59. The second-order valence-electron chi connectivity index (χ2n) is 8.22. The summed E-state index contributed by atoms with van der Waals surface area (Å²) in [6.07, 6.45) is 1.25. The maximum absolute atomic E-state index is 13.7. The molecule has 6 rings (SSSR count). The molecule has 1 aromatic rings. The van der Waals surface area contributed by atoms with E-state index >= 15 is 0 Å². The molecule has 1 aliphatic heterocycles. The minimum atomic E-state index is -4.36. The molecule has 1 spiro atoms. The molecule has 0 amide bonds. The van der Waals surface area contributed by atoms with Crippen LogP contribution < -0.4 is 5.32 Å².